The molecule has 1 aromatic rings. The van der Waals surface area contributed by atoms with Gasteiger partial charge in [-0.05, 0) is 24.0 Å². The Morgan fingerprint density at radius 2 is 1.06 bits per heavy atom. The first-order valence-electron chi connectivity index (χ1n) is 9.04. The molecule has 1 nitrogen and oxygen atoms in total. The van der Waals surface area contributed by atoms with Gasteiger partial charge >= 0.3 is 35.8 Å². The summed E-state index contributed by atoms with van der Waals surface area (Å²) in [6.45, 7) is 4.17. The Balaban J connectivity index is 3.48. The first kappa shape index (κ1) is 29.3. The molecule has 0 aromatic heterocycles. The summed E-state index contributed by atoms with van der Waals surface area (Å²) < 4.78 is 178. The number of halogens is 13. The van der Waals surface area contributed by atoms with Gasteiger partial charge in [0.05, 0.1) is 12.0 Å². The first-order valence-corrected chi connectivity index (χ1v) is 9.04. The smallest absolute Gasteiger partial charge is 0.374 e. The number of hydrogen-bond donors (Lipinski definition) is 0. The minimum atomic E-state index is -7.92. The molecule has 33 heavy (non-hydrogen) atoms. The van der Waals surface area contributed by atoms with Crippen LogP contribution in [0.15, 0.2) is 24.3 Å². The van der Waals surface area contributed by atoms with Crippen LogP contribution in [0.5, 0.6) is 0 Å². The Morgan fingerprint density at radius 3 is 1.39 bits per heavy atom. The van der Waals surface area contributed by atoms with Crippen molar-refractivity contribution < 1.29 is 61.8 Å². The fourth-order valence-corrected chi connectivity index (χ4v) is 2.85. The Kier molecular flexibility index (Phi) is 7.54. The molecule has 0 radical (unpaired) electrons. The third-order valence-corrected chi connectivity index (χ3v) is 5.20. The van der Waals surface area contributed by atoms with Crippen LogP contribution in [0.3, 0.4) is 0 Å². The molecule has 0 fully saturated rings. The lowest BCUT2D eigenvalue weighted by molar-refractivity contribution is -0.441. The minimum Gasteiger partial charge on any atom is -0.374 e. The van der Waals surface area contributed by atoms with Gasteiger partial charge in [-0.25, -0.2) is 0 Å². The third kappa shape index (κ3) is 4.63. The Morgan fingerprint density at radius 1 is 0.667 bits per heavy atom. The van der Waals surface area contributed by atoms with Crippen LogP contribution in [0.25, 0.3) is 0 Å². The zero-order chi connectivity index (χ0) is 26.5. The zero-order valence-corrected chi connectivity index (χ0v) is 17.4. The maximum Gasteiger partial charge on any atom is 0.460 e. The van der Waals surface area contributed by atoms with Crippen molar-refractivity contribution >= 4 is 0 Å². The van der Waals surface area contributed by atoms with E-state index in [1.807, 2.05) is 0 Å². The summed E-state index contributed by atoms with van der Waals surface area (Å²) in [5.74, 6) is -37.2. The van der Waals surface area contributed by atoms with Crippen molar-refractivity contribution in [2.24, 2.45) is 0 Å². The van der Waals surface area contributed by atoms with Crippen LogP contribution in [0.2, 0.25) is 0 Å². The minimum absolute atomic E-state index is 0.0742. The molecule has 0 aliphatic rings. The number of hydrogen-bond acceptors (Lipinski definition) is 1. The van der Waals surface area contributed by atoms with Gasteiger partial charge in [0, 0.05) is 7.11 Å². The van der Waals surface area contributed by atoms with E-state index in [9.17, 15) is 57.1 Å². The summed E-state index contributed by atoms with van der Waals surface area (Å²) in [6, 6.07) is 4.88. The van der Waals surface area contributed by atoms with Gasteiger partial charge in [-0.15, -0.1) is 0 Å². The van der Waals surface area contributed by atoms with Crippen molar-refractivity contribution in [3.63, 3.8) is 0 Å². The predicted octanol–water partition coefficient (Wildman–Crippen LogP) is 7.80. The van der Waals surface area contributed by atoms with Crippen molar-refractivity contribution in [1.29, 1.82) is 0 Å². The molecule has 0 aliphatic carbocycles. The molecular formula is C19H19F13O. The monoisotopic (exact) mass is 510 g/mol. The maximum absolute atomic E-state index is 14.3. The van der Waals surface area contributed by atoms with Crippen LogP contribution in [0.1, 0.15) is 44.2 Å². The van der Waals surface area contributed by atoms with E-state index in [0.29, 0.717) is 19.6 Å². The van der Waals surface area contributed by atoms with E-state index >= 15 is 0 Å². The average molecular weight is 510 g/mol. The fourth-order valence-electron chi connectivity index (χ4n) is 2.85. The van der Waals surface area contributed by atoms with E-state index in [4.69, 9.17) is 4.74 Å². The molecule has 14 heteroatoms. The second-order valence-corrected chi connectivity index (χ2v) is 7.89. The summed E-state index contributed by atoms with van der Waals surface area (Å²) in [7, 11) is 0.690. The van der Waals surface area contributed by atoms with Crippen molar-refractivity contribution in [2.75, 3.05) is 7.11 Å². The zero-order valence-electron chi connectivity index (χ0n) is 17.4. The summed E-state index contributed by atoms with van der Waals surface area (Å²) >= 11 is 0. The third-order valence-electron chi connectivity index (χ3n) is 5.20. The molecule has 0 amide bonds. The standard InChI is InChI=1S/C19H19F13O/c1-10(2)11-5-7-12(8-6-11)13(3,33-4)9-14(20,21)15(22,23)16(24,25)17(26,27)18(28,29)19(30,31)32/h5-8,10H,9H2,1-4H3. The Hall–Kier alpha value is -1.73. The fraction of sp³-hybridized carbons (Fsp3) is 0.684. The molecule has 1 atom stereocenters. The van der Waals surface area contributed by atoms with E-state index in [-0.39, 0.29) is 11.5 Å². The first-order chi connectivity index (χ1) is 14.4. The lowest BCUT2D eigenvalue weighted by Crippen LogP contribution is -2.70. The molecule has 0 aliphatic heterocycles. The molecule has 0 N–H and O–H groups in total. The van der Waals surface area contributed by atoms with E-state index in [1.54, 1.807) is 13.8 Å². The Bertz CT molecular complexity index is 812. The van der Waals surface area contributed by atoms with Gasteiger partial charge in [-0.2, -0.15) is 57.1 Å². The summed E-state index contributed by atoms with van der Waals surface area (Å²) in [5, 5.41) is 0. The van der Waals surface area contributed by atoms with Crippen LogP contribution >= 0.6 is 0 Å². The summed E-state index contributed by atoms with van der Waals surface area (Å²) in [6.07, 6.45) is -9.90. The van der Waals surface area contributed by atoms with Gasteiger partial charge in [0.15, 0.2) is 0 Å². The van der Waals surface area contributed by atoms with Crippen molar-refractivity contribution in [3.05, 3.63) is 35.4 Å². The number of benzene rings is 1. The van der Waals surface area contributed by atoms with Gasteiger partial charge < -0.3 is 4.74 Å². The van der Waals surface area contributed by atoms with Crippen LogP contribution in [-0.4, -0.2) is 42.9 Å². The average Bonchev–Trinajstić information content (AvgIpc) is 2.66. The van der Waals surface area contributed by atoms with Gasteiger partial charge in [0.2, 0.25) is 0 Å². The molecular weight excluding hydrogens is 491 g/mol. The molecule has 0 saturated carbocycles. The highest BCUT2D eigenvalue weighted by molar-refractivity contribution is 5.29. The summed E-state index contributed by atoms with van der Waals surface area (Å²) in [5.41, 5.74) is -2.23. The van der Waals surface area contributed by atoms with Crippen LogP contribution in [0, 0.1) is 0 Å². The van der Waals surface area contributed by atoms with Crippen LogP contribution in [-0.2, 0) is 10.3 Å². The molecule has 0 heterocycles. The lowest BCUT2D eigenvalue weighted by Gasteiger charge is -2.42. The molecule has 0 spiro atoms. The van der Waals surface area contributed by atoms with Crippen molar-refractivity contribution in [3.8, 4) is 0 Å². The van der Waals surface area contributed by atoms with Gasteiger partial charge in [0.1, 0.15) is 0 Å². The molecule has 1 unspecified atom stereocenters. The summed E-state index contributed by atoms with van der Waals surface area (Å²) in [4.78, 5) is 0. The van der Waals surface area contributed by atoms with Crippen LogP contribution < -0.4 is 0 Å². The van der Waals surface area contributed by atoms with Crippen molar-refractivity contribution in [2.45, 2.75) is 74.5 Å². The normalized spacial score (nSPS) is 16.8. The molecule has 1 aromatic carbocycles. The number of ether oxygens (including phenoxy) is 1. The van der Waals surface area contributed by atoms with E-state index in [0.717, 1.165) is 12.1 Å². The van der Waals surface area contributed by atoms with Gasteiger partial charge in [-0.1, -0.05) is 38.1 Å². The lowest BCUT2D eigenvalue weighted by atomic mass is 9.83. The quantitative estimate of drug-likeness (QED) is 0.308. The second-order valence-electron chi connectivity index (χ2n) is 7.89. The Labute approximate surface area is 179 Å². The number of alkyl halides is 13. The largest absolute Gasteiger partial charge is 0.460 e. The SMILES string of the molecule is COC(C)(CC(F)(F)C(F)(F)C(F)(F)C(F)(F)C(F)(F)C(F)(F)F)c1ccc(C(C)C)cc1. The molecule has 192 valence electrons. The predicted molar refractivity (Wildman–Crippen MR) is 90.3 cm³/mol. The second kappa shape index (κ2) is 8.49. The topological polar surface area (TPSA) is 9.23 Å². The van der Waals surface area contributed by atoms with Crippen molar-refractivity contribution in [1.82, 2.24) is 0 Å². The molecule has 1 rings (SSSR count). The number of rotatable bonds is 9. The highest BCUT2D eigenvalue weighted by Gasteiger charge is 2.90. The van der Waals surface area contributed by atoms with Gasteiger partial charge in [0.25, 0.3) is 0 Å². The number of methoxy groups -OCH3 is 1. The van der Waals surface area contributed by atoms with Gasteiger partial charge in [-0.3, -0.25) is 0 Å². The maximum atomic E-state index is 14.3. The van der Waals surface area contributed by atoms with E-state index < -0.39 is 47.8 Å². The van der Waals surface area contributed by atoms with E-state index in [2.05, 4.69) is 0 Å². The molecule has 0 bridgehead atoms. The highest BCUT2D eigenvalue weighted by atomic mass is 19.4. The van der Waals surface area contributed by atoms with Crippen LogP contribution in [0.4, 0.5) is 57.1 Å². The highest BCUT2D eigenvalue weighted by Crippen LogP contribution is 2.61. The van der Waals surface area contributed by atoms with E-state index in [1.165, 1.54) is 12.1 Å². The molecule has 0 saturated heterocycles.